The second-order valence-electron chi connectivity index (χ2n) is 8.06. The van der Waals surface area contributed by atoms with Crippen molar-refractivity contribution in [3.05, 3.63) is 66.2 Å². The van der Waals surface area contributed by atoms with E-state index in [1.807, 2.05) is 62.4 Å². The molecule has 0 bridgehead atoms. The van der Waals surface area contributed by atoms with Crippen LogP contribution in [0.25, 0.3) is 0 Å². The fourth-order valence-corrected chi connectivity index (χ4v) is 5.14. The molecule has 0 spiro atoms. The van der Waals surface area contributed by atoms with Crippen LogP contribution in [0, 0.1) is 5.41 Å². The Bertz CT molecular complexity index is 808. The highest BCUT2D eigenvalue weighted by Gasteiger charge is 2.61. The van der Waals surface area contributed by atoms with E-state index in [2.05, 4.69) is 12.1 Å². The summed E-state index contributed by atoms with van der Waals surface area (Å²) in [6, 6.07) is 20.3. The lowest BCUT2D eigenvalue weighted by Crippen LogP contribution is -2.41. The SMILES string of the molecule is CC1(C)O[C@H]2C(=O)C[C@](COCc3ccccc3)(CSc3ccccc3)[C@H]2O1. The third-order valence-corrected chi connectivity index (χ3v) is 6.64. The van der Waals surface area contributed by atoms with Crippen LogP contribution < -0.4 is 0 Å². The Morgan fingerprint density at radius 3 is 2.43 bits per heavy atom. The van der Waals surface area contributed by atoms with E-state index in [0.717, 1.165) is 11.3 Å². The van der Waals surface area contributed by atoms with Gasteiger partial charge < -0.3 is 14.2 Å². The first-order chi connectivity index (χ1) is 13.5. The maximum absolute atomic E-state index is 12.7. The Morgan fingerprint density at radius 1 is 1.04 bits per heavy atom. The highest BCUT2D eigenvalue weighted by molar-refractivity contribution is 7.99. The van der Waals surface area contributed by atoms with Gasteiger partial charge in [-0.05, 0) is 31.5 Å². The Kier molecular flexibility index (Phi) is 5.61. The summed E-state index contributed by atoms with van der Waals surface area (Å²) in [4.78, 5) is 13.9. The number of Topliss-reactive ketones (excluding diaryl/α,β-unsaturated/α-hetero) is 1. The summed E-state index contributed by atoms with van der Waals surface area (Å²) < 4.78 is 18.3. The van der Waals surface area contributed by atoms with Crippen molar-refractivity contribution in [1.29, 1.82) is 0 Å². The molecule has 5 heteroatoms. The number of thioether (sulfide) groups is 1. The fraction of sp³-hybridized carbons (Fsp3) is 0.435. The monoisotopic (exact) mass is 398 g/mol. The van der Waals surface area contributed by atoms with Crippen LogP contribution in [-0.4, -0.2) is 36.1 Å². The quantitative estimate of drug-likeness (QED) is 0.644. The molecule has 0 N–H and O–H groups in total. The van der Waals surface area contributed by atoms with E-state index in [1.54, 1.807) is 11.8 Å². The summed E-state index contributed by atoms with van der Waals surface area (Å²) in [6.45, 7) is 4.74. The molecule has 0 amide bonds. The van der Waals surface area contributed by atoms with Gasteiger partial charge in [-0.25, -0.2) is 0 Å². The van der Waals surface area contributed by atoms with E-state index in [9.17, 15) is 4.79 Å². The Morgan fingerprint density at radius 2 is 1.71 bits per heavy atom. The normalized spacial score (nSPS) is 28.4. The van der Waals surface area contributed by atoms with Gasteiger partial charge in [0.2, 0.25) is 0 Å². The maximum Gasteiger partial charge on any atom is 0.165 e. The van der Waals surface area contributed by atoms with E-state index in [-0.39, 0.29) is 11.9 Å². The van der Waals surface area contributed by atoms with Gasteiger partial charge in [0.25, 0.3) is 0 Å². The van der Waals surface area contributed by atoms with Gasteiger partial charge in [-0.2, -0.15) is 0 Å². The van der Waals surface area contributed by atoms with E-state index < -0.39 is 17.3 Å². The Balaban J connectivity index is 1.51. The summed E-state index contributed by atoms with van der Waals surface area (Å²) in [5, 5.41) is 0. The van der Waals surface area contributed by atoms with Gasteiger partial charge in [-0.15, -0.1) is 11.8 Å². The predicted octanol–water partition coefficient (Wildman–Crippen LogP) is 4.47. The highest BCUT2D eigenvalue weighted by Crippen LogP contribution is 2.49. The number of hydrogen-bond donors (Lipinski definition) is 0. The molecule has 2 aliphatic rings. The number of benzene rings is 2. The van der Waals surface area contributed by atoms with Crippen molar-refractivity contribution >= 4 is 17.5 Å². The number of ether oxygens (including phenoxy) is 3. The van der Waals surface area contributed by atoms with Gasteiger partial charge in [-0.1, -0.05) is 48.5 Å². The third-order valence-electron chi connectivity index (χ3n) is 5.31. The minimum Gasteiger partial charge on any atom is -0.376 e. The topological polar surface area (TPSA) is 44.8 Å². The first-order valence-electron chi connectivity index (χ1n) is 9.65. The predicted molar refractivity (Wildman–Crippen MR) is 109 cm³/mol. The number of hydrogen-bond acceptors (Lipinski definition) is 5. The molecule has 2 aromatic carbocycles. The molecule has 1 aliphatic carbocycles. The molecule has 1 heterocycles. The van der Waals surface area contributed by atoms with Crippen LogP contribution in [0.3, 0.4) is 0 Å². The van der Waals surface area contributed by atoms with Crippen LogP contribution in [0.2, 0.25) is 0 Å². The largest absolute Gasteiger partial charge is 0.376 e. The van der Waals surface area contributed by atoms with Crippen molar-refractivity contribution < 1.29 is 19.0 Å². The standard InChI is InChI=1S/C23H26O4S/c1-22(2)26-20-19(24)13-23(21(20)27-22,16-28-18-11-7-4-8-12-18)15-25-14-17-9-5-3-6-10-17/h3-12,20-21H,13-16H2,1-2H3/t20-,21-,23-/m0/s1. The number of carbonyl (C=O) groups excluding carboxylic acids is 1. The number of ketones is 1. The molecular weight excluding hydrogens is 372 g/mol. The molecule has 4 nitrogen and oxygen atoms in total. The first kappa shape index (κ1) is 19.6. The average molecular weight is 399 g/mol. The van der Waals surface area contributed by atoms with Crippen LogP contribution in [0.5, 0.6) is 0 Å². The molecule has 0 aromatic heterocycles. The van der Waals surface area contributed by atoms with Gasteiger partial charge >= 0.3 is 0 Å². The molecule has 2 aromatic rings. The van der Waals surface area contributed by atoms with Crippen molar-refractivity contribution in [1.82, 2.24) is 0 Å². The average Bonchev–Trinajstić information content (AvgIpc) is 3.15. The maximum atomic E-state index is 12.7. The molecule has 148 valence electrons. The minimum absolute atomic E-state index is 0.118. The zero-order chi connectivity index (χ0) is 19.6. The molecule has 1 saturated carbocycles. The van der Waals surface area contributed by atoms with Gasteiger partial charge in [0.05, 0.1) is 13.2 Å². The van der Waals surface area contributed by atoms with Crippen LogP contribution in [0.1, 0.15) is 25.8 Å². The zero-order valence-corrected chi connectivity index (χ0v) is 17.1. The molecule has 0 radical (unpaired) electrons. The van der Waals surface area contributed by atoms with Crippen LogP contribution >= 0.6 is 11.8 Å². The van der Waals surface area contributed by atoms with Crippen molar-refractivity contribution in [2.45, 2.75) is 49.8 Å². The van der Waals surface area contributed by atoms with Gasteiger partial charge in [0.1, 0.15) is 12.2 Å². The third kappa shape index (κ3) is 4.18. The number of carbonyl (C=O) groups is 1. The summed E-state index contributed by atoms with van der Waals surface area (Å²) in [7, 11) is 0. The van der Waals surface area contributed by atoms with E-state index in [4.69, 9.17) is 14.2 Å². The molecule has 2 fully saturated rings. The smallest absolute Gasteiger partial charge is 0.165 e. The lowest BCUT2D eigenvalue weighted by Gasteiger charge is -2.34. The van der Waals surface area contributed by atoms with Gasteiger partial charge in [0.15, 0.2) is 11.6 Å². The second-order valence-corrected chi connectivity index (χ2v) is 9.11. The second kappa shape index (κ2) is 7.99. The highest BCUT2D eigenvalue weighted by atomic mass is 32.2. The molecule has 3 atom stereocenters. The molecule has 28 heavy (non-hydrogen) atoms. The van der Waals surface area contributed by atoms with Gasteiger partial charge in [0, 0.05) is 22.5 Å². The number of fused-ring (bicyclic) bond motifs is 1. The summed E-state index contributed by atoms with van der Waals surface area (Å²) in [5.41, 5.74) is 0.725. The van der Waals surface area contributed by atoms with Crippen molar-refractivity contribution in [2.75, 3.05) is 12.4 Å². The summed E-state index contributed by atoms with van der Waals surface area (Å²) >= 11 is 1.75. The Hall–Kier alpha value is -1.66. The zero-order valence-electron chi connectivity index (χ0n) is 16.3. The first-order valence-corrected chi connectivity index (χ1v) is 10.6. The molecule has 1 saturated heterocycles. The number of rotatable bonds is 7. The molecule has 4 rings (SSSR count). The van der Waals surface area contributed by atoms with Crippen LogP contribution in [0.4, 0.5) is 0 Å². The van der Waals surface area contributed by atoms with E-state index >= 15 is 0 Å². The molecular formula is C23H26O4S. The fourth-order valence-electron chi connectivity index (χ4n) is 3.99. The van der Waals surface area contributed by atoms with E-state index in [1.165, 1.54) is 4.90 Å². The molecule has 1 aliphatic heterocycles. The van der Waals surface area contributed by atoms with E-state index in [0.29, 0.717) is 19.6 Å². The minimum atomic E-state index is -0.743. The molecule has 0 unspecified atom stereocenters. The van der Waals surface area contributed by atoms with Crippen LogP contribution in [0.15, 0.2) is 65.6 Å². The van der Waals surface area contributed by atoms with Crippen molar-refractivity contribution in [3.8, 4) is 0 Å². The summed E-state index contributed by atoms with van der Waals surface area (Å²) in [5.74, 6) is 0.124. The lowest BCUT2D eigenvalue weighted by molar-refractivity contribution is -0.172. The van der Waals surface area contributed by atoms with Crippen molar-refractivity contribution in [3.63, 3.8) is 0 Å². The Labute approximate surface area is 170 Å². The van der Waals surface area contributed by atoms with Crippen molar-refractivity contribution in [2.24, 2.45) is 5.41 Å². The van der Waals surface area contributed by atoms with Gasteiger partial charge in [-0.3, -0.25) is 4.79 Å². The van der Waals surface area contributed by atoms with Crippen LogP contribution in [-0.2, 0) is 25.6 Å². The summed E-state index contributed by atoms with van der Waals surface area (Å²) in [6.07, 6.45) is -0.346. The lowest BCUT2D eigenvalue weighted by atomic mass is 9.86.